The first-order valence-electron chi connectivity index (χ1n) is 10.3. The van der Waals surface area contributed by atoms with Gasteiger partial charge in [-0.1, -0.05) is 13.0 Å². The van der Waals surface area contributed by atoms with Crippen LogP contribution in [0.3, 0.4) is 0 Å². The Labute approximate surface area is 194 Å². The van der Waals surface area contributed by atoms with E-state index in [1.165, 1.54) is 23.5 Å². The second-order valence-electron chi connectivity index (χ2n) is 7.63. The minimum atomic E-state index is -0.507. The number of carbonyl (C=O) groups is 1. The normalized spacial score (nSPS) is 18.6. The van der Waals surface area contributed by atoms with Gasteiger partial charge in [-0.05, 0) is 42.5 Å². The molecule has 1 aliphatic heterocycles. The summed E-state index contributed by atoms with van der Waals surface area (Å²) in [6.07, 6.45) is 1.70. The van der Waals surface area contributed by atoms with Crippen molar-refractivity contribution in [1.29, 1.82) is 5.26 Å². The van der Waals surface area contributed by atoms with Crippen LogP contribution in [0.15, 0.2) is 57.2 Å². The third-order valence-electron chi connectivity index (χ3n) is 5.78. The number of anilines is 1. The lowest BCUT2D eigenvalue weighted by Crippen LogP contribution is -2.39. The highest BCUT2D eigenvalue weighted by Gasteiger charge is 2.42. The van der Waals surface area contributed by atoms with Gasteiger partial charge in [-0.25, -0.2) is 0 Å². The van der Waals surface area contributed by atoms with Gasteiger partial charge < -0.3 is 5.73 Å². The molecule has 9 heteroatoms. The lowest BCUT2D eigenvalue weighted by atomic mass is 9.78. The molecular weight excluding hydrogens is 444 g/mol. The van der Waals surface area contributed by atoms with Crippen molar-refractivity contribution >= 4 is 40.3 Å². The van der Waals surface area contributed by atoms with Gasteiger partial charge in [0.15, 0.2) is 5.78 Å². The molecule has 2 aromatic rings. The first-order valence-corrected chi connectivity index (χ1v) is 12.2. The number of carbonyl (C=O) groups excluding carboxylic acids is 1. The molecule has 32 heavy (non-hydrogen) atoms. The average Bonchev–Trinajstić information content (AvgIpc) is 3.22. The predicted molar refractivity (Wildman–Crippen MR) is 126 cm³/mol. The highest BCUT2D eigenvalue weighted by molar-refractivity contribution is 7.99. The Kier molecular flexibility index (Phi) is 6.09. The molecule has 0 fully saturated rings. The summed E-state index contributed by atoms with van der Waals surface area (Å²) in [6.45, 7) is 3.90. The number of nitriles is 1. The van der Waals surface area contributed by atoms with Gasteiger partial charge in [-0.15, -0.1) is 23.1 Å². The molecule has 164 valence electrons. The Morgan fingerprint density at radius 3 is 2.84 bits per heavy atom. The second-order valence-corrected chi connectivity index (χ2v) is 9.88. The fourth-order valence-electron chi connectivity index (χ4n) is 4.37. The predicted octanol–water partition coefficient (Wildman–Crippen LogP) is 5.38. The van der Waals surface area contributed by atoms with Gasteiger partial charge in [-0.2, -0.15) is 5.26 Å². The standard InChI is InChI=1S/C23H22N4O3S2/c1-3-31-19-9-10-32-22(19)20-15(12-24)23(25)26(16-5-4-6-18(28)21(16)20)17-11-14(27(29)30)8-7-13(17)2/h7-11,20H,3-6,25H2,1-2H3/t20-/m1/s1. The smallest absolute Gasteiger partial charge is 0.271 e. The lowest BCUT2D eigenvalue weighted by Gasteiger charge is -2.40. The van der Waals surface area contributed by atoms with E-state index in [-0.39, 0.29) is 17.3 Å². The van der Waals surface area contributed by atoms with Gasteiger partial charge in [0.05, 0.1) is 28.2 Å². The van der Waals surface area contributed by atoms with Crippen LogP contribution < -0.4 is 10.6 Å². The molecule has 4 rings (SSSR count). The van der Waals surface area contributed by atoms with Crippen LogP contribution in [0.1, 0.15) is 42.5 Å². The molecule has 1 aromatic carbocycles. The summed E-state index contributed by atoms with van der Waals surface area (Å²) in [5, 5.41) is 23.5. The number of hydrogen-bond donors (Lipinski definition) is 1. The maximum absolute atomic E-state index is 13.2. The molecule has 0 unspecified atom stereocenters. The minimum Gasteiger partial charge on any atom is -0.384 e. The molecule has 1 aromatic heterocycles. The molecule has 2 N–H and O–H groups in total. The Morgan fingerprint density at radius 2 is 2.16 bits per heavy atom. The zero-order valence-electron chi connectivity index (χ0n) is 17.8. The number of nitrogens with two attached hydrogens (primary N) is 1. The van der Waals surface area contributed by atoms with E-state index in [0.717, 1.165) is 26.8 Å². The van der Waals surface area contributed by atoms with Crippen LogP contribution in [0.2, 0.25) is 0 Å². The van der Waals surface area contributed by atoms with Crippen LogP contribution in [0, 0.1) is 28.4 Å². The Balaban J connectivity index is 1.98. The quantitative estimate of drug-likeness (QED) is 0.357. The molecule has 7 nitrogen and oxygen atoms in total. The van der Waals surface area contributed by atoms with Crippen molar-refractivity contribution in [3.05, 3.63) is 72.9 Å². The van der Waals surface area contributed by atoms with Gasteiger partial charge in [0.1, 0.15) is 5.82 Å². The number of non-ortho nitro benzene ring substituents is 1. The second kappa shape index (κ2) is 8.81. The summed E-state index contributed by atoms with van der Waals surface area (Å²) in [6, 6.07) is 8.85. The van der Waals surface area contributed by atoms with Gasteiger partial charge in [0, 0.05) is 39.6 Å². The fraction of sp³-hybridized carbons (Fsp3) is 0.304. The molecular formula is C23H22N4O3S2. The summed E-state index contributed by atoms with van der Waals surface area (Å²) in [4.78, 5) is 27.9. The number of benzene rings is 1. The van der Waals surface area contributed by atoms with E-state index in [1.807, 2.05) is 18.4 Å². The maximum atomic E-state index is 13.2. The fourth-order valence-corrected chi connectivity index (χ4v) is 6.42. The largest absolute Gasteiger partial charge is 0.384 e. The van der Waals surface area contributed by atoms with Crippen molar-refractivity contribution in [2.24, 2.45) is 5.73 Å². The lowest BCUT2D eigenvalue weighted by molar-refractivity contribution is -0.384. The Morgan fingerprint density at radius 1 is 1.38 bits per heavy atom. The van der Waals surface area contributed by atoms with Crippen molar-refractivity contribution < 1.29 is 9.72 Å². The number of Topliss-reactive ketones (excluding diaryl/α,β-unsaturated/α-hetero) is 1. The zero-order valence-corrected chi connectivity index (χ0v) is 19.4. The molecule has 2 aliphatic rings. The number of nitro groups is 1. The Bertz CT molecular complexity index is 1220. The van der Waals surface area contributed by atoms with E-state index < -0.39 is 10.8 Å². The SMILES string of the molecule is CCSc1ccsc1[C@@H]1C(C#N)=C(N)N(c2cc([N+](=O)[O-])ccc2C)C2=C1C(=O)CCC2. The van der Waals surface area contributed by atoms with Crippen LogP contribution in [0.25, 0.3) is 0 Å². The topological polar surface area (TPSA) is 113 Å². The van der Waals surface area contributed by atoms with Crippen LogP contribution >= 0.6 is 23.1 Å². The molecule has 1 atom stereocenters. The molecule has 0 saturated heterocycles. The molecule has 1 aliphatic carbocycles. The van der Waals surface area contributed by atoms with Gasteiger partial charge in [0.2, 0.25) is 0 Å². The van der Waals surface area contributed by atoms with Crippen LogP contribution in [0.4, 0.5) is 11.4 Å². The first-order chi connectivity index (χ1) is 15.4. The third kappa shape index (κ3) is 3.59. The summed E-state index contributed by atoms with van der Waals surface area (Å²) in [5.74, 6) is 0.601. The Hall–Kier alpha value is -3.09. The van der Waals surface area contributed by atoms with Gasteiger partial charge in [-0.3, -0.25) is 19.8 Å². The van der Waals surface area contributed by atoms with Crippen molar-refractivity contribution in [1.82, 2.24) is 0 Å². The summed E-state index contributed by atoms with van der Waals surface area (Å²) < 4.78 is 0. The highest BCUT2D eigenvalue weighted by atomic mass is 32.2. The number of nitro benzene ring substituents is 1. The van der Waals surface area contributed by atoms with E-state index in [1.54, 1.807) is 22.7 Å². The number of ketones is 1. The third-order valence-corrected chi connectivity index (χ3v) is 7.84. The molecule has 0 spiro atoms. The van der Waals surface area contributed by atoms with Gasteiger partial charge in [0.25, 0.3) is 5.69 Å². The van der Waals surface area contributed by atoms with E-state index in [9.17, 15) is 20.2 Å². The molecule has 0 radical (unpaired) electrons. The monoisotopic (exact) mass is 466 g/mol. The molecule has 0 bridgehead atoms. The molecule has 2 heterocycles. The van der Waals surface area contributed by atoms with Crippen LogP contribution in [-0.4, -0.2) is 16.5 Å². The number of thioether (sulfide) groups is 1. The number of allylic oxidation sites excluding steroid dienone is 3. The minimum absolute atomic E-state index is 0.00503. The summed E-state index contributed by atoms with van der Waals surface area (Å²) >= 11 is 3.20. The number of thiophene rings is 1. The number of hydrogen-bond acceptors (Lipinski definition) is 8. The van der Waals surface area contributed by atoms with Crippen molar-refractivity contribution in [2.45, 2.75) is 43.9 Å². The zero-order chi connectivity index (χ0) is 23.0. The van der Waals surface area contributed by atoms with Crippen molar-refractivity contribution in [3.63, 3.8) is 0 Å². The molecule has 0 amide bonds. The van der Waals surface area contributed by atoms with E-state index in [4.69, 9.17) is 5.73 Å². The van der Waals surface area contributed by atoms with Crippen molar-refractivity contribution in [2.75, 3.05) is 10.7 Å². The van der Waals surface area contributed by atoms with Crippen LogP contribution in [0.5, 0.6) is 0 Å². The maximum Gasteiger partial charge on any atom is 0.271 e. The van der Waals surface area contributed by atoms with Crippen LogP contribution in [-0.2, 0) is 4.79 Å². The van der Waals surface area contributed by atoms with E-state index in [2.05, 4.69) is 13.0 Å². The summed E-state index contributed by atoms with van der Waals surface area (Å²) in [5.41, 5.74) is 9.48. The first kappa shape index (κ1) is 22.1. The highest BCUT2D eigenvalue weighted by Crippen LogP contribution is 2.50. The number of nitrogens with zero attached hydrogens (tertiary/aromatic N) is 3. The van der Waals surface area contributed by atoms with E-state index in [0.29, 0.717) is 36.1 Å². The molecule has 0 saturated carbocycles. The van der Waals surface area contributed by atoms with Crippen molar-refractivity contribution in [3.8, 4) is 6.07 Å². The van der Waals surface area contributed by atoms with Gasteiger partial charge >= 0.3 is 0 Å². The number of rotatable bonds is 5. The summed E-state index contributed by atoms with van der Waals surface area (Å²) in [7, 11) is 0. The average molecular weight is 467 g/mol. The number of aryl methyl sites for hydroxylation is 1. The van der Waals surface area contributed by atoms with E-state index >= 15 is 0 Å².